The number of aryl methyl sites for hydroxylation is 3. The van der Waals surface area contributed by atoms with Gasteiger partial charge in [0.15, 0.2) is 5.96 Å². The molecule has 1 atom stereocenters. The second kappa shape index (κ2) is 4.85. The lowest BCUT2D eigenvalue weighted by molar-refractivity contribution is 0.361. The normalized spacial score (nSPS) is 22.8. The predicted octanol–water partition coefficient (Wildman–Crippen LogP) is 1.85. The Morgan fingerprint density at radius 1 is 1.26 bits per heavy atom. The van der Waals surface area contributed by atoms with Crippen molar-refractivity contribution >= 4 is 5.96 Å². The van der Waals surface area contributed by atoms with Gasteiger partial charge in [-0.25, -0.2) is 0 Å². The molecule has 0 saturated carbocycles. The highest BCUT2D eigenvalue weighted by molar-refractivity contribution is 5.81. The lowest BCUT2D eigenvalue weighted by Crippen LogP contribution is -2.51. The molecule has 2 aliphatic rings. The second-order valence-corrected chi connectivity index (χ2v) is 6.94. The molecule has 0 bridgehead atoms. The van der Waals surface area contributed by atoms with E-state index in [1.165, 1.54) is 27.9 Å². The molecule has 1 spiro atoms. The van der Waals surface area contributed by atoms with Gasteiger partial charge in [-0.3, -0.25) is 9.67 Å². The van der Waals surface area contributed by atoms with Gasteiger partial charge in [0.2, 0.25) is 0 Å². The van der Waals surface area contributed by atoms with Gasteiger partial charge in [0, 0.05) is 18.3 Å². The highest BCUT2D eigenvalue weighted by atomic mass is 15.3. The molecule has 2 heterocycles. The summed E-state index contributed by atoms with van der Waals surface area (Å²) in [7, 11) is 2.00. The van der Waals surface area contributed by atoms with Gasteiger partial charge in [-0.05, 0) is 49.8 Å². The fraction of sp³-hybridized carbons (Fsp3) is 0.444. The van der Waals surface area contributed by atoms with Gasteiger partial charge in [0.05, 0.1) is 17.8 Å². The standard InChI is InChI=1S/C18H23N5/c1-11-16(12(2)23(3)22-11)14-4-5-15-9-18(7-6-13(15)8-14)10-20-17(19)21-18/h4-5,8H,6-7,9-10H2,1-3H3,(H3,19,20,21). The summed E-state index contributed by atoms with van der Waals surface area (Å²) in [5.41, 5.74) is 13.6. The molecule has 0 saturated heterocycles. The lowest BCUT2D eigenvalue weighted by atomic mass is 9.77. The van der Waals surface area contributed by atoms with E-state index in [-0.39, 0.29) is 5.54 Å². The molecule has 1 aromatic heterocycles. The monoisotopic (exact) mass is 309 g/mol. The van der Waals surface area contributed by atoms with Crippen molar-refractivity contribution in [1.82, 2.24) is 15.1 Å². The molecule has 4 rings (SSSR count). The van der Waals surface area contributed by atoms with Crippen LogP contribution < -0.4 is 11.1 Å². The first-order chi connectivity index (χ1) is 11.0. The zero-order valence-corrected chi connectivity index (χ0v) is 14.0. The van der Waals surface area contributed by atoms with E-state index in [4.69, 9.17) is 5.73 Å². The van der Waals surface area contributed by atoms with Gasteiger partial charge >= 0.3 is 0 Å². The molecule has 1 aliphatic heterocycles. The molecule has 23 heavy (non-hydrogen) atoms. The van der Waals surface area contributed by atoms with E-state index >= 15 is 0 Å². The summed E-state index contributed by atoms with van der Waals surface area (Å²) in [4.78, 5) is 4.35. The Morgan fingerprint density at radius 3 is 2.74 bits per heavy atom. The van der Waals surface area contributed by atoms with Crippen LogP contribution in [0.1, 0.15) is 28.9 Å². The third kappa shape index (κ3) is 2.22. The molecule has 0 radical (unpaired) electrons. The van der Waals surface area contributed by atoms with E-state index in [0.717, 1.165) is 31.5 Å². The average molecular weight is 309 g/mol. The summed E-state index contributed by atoms with van der Waals surface area (Å²) in [5, 5.41) is 7.94. The van der Waals surface area contributed by atoms with Gasteiger partial charge in [-0.15, -0.1) is 0 Å². The van der Waals surface area contributed by atoms with Crippen molar-refractivity contribution in [3.05, 3.63) is 40.7 Å². The first kappa shape index (κ1) is 14.3. The molecule has 0 fully saturated rings. The number of aromatic nitrogens is 2. The predicted molar refractivity (Wildman–Crippen MR) is 92.5 cm³/mol. The summed E-state index contributed by atoms with van der Waals surface area (Å²) in [6, 6.07) is 6.85. The Morgan fingerprint density at radius 2 is 2.09 bits per heavy atom. The third-order valence-electron chi connectivity index (χ3n) is 5.35. The van der Waals surface area contributed by atoms with E-state index in [1.54, 1.807) is 0 Å². The molecule has 0 amide bonds. The lowest BCUT2D eigenvalue weighted by Gasteiger charge is -2.34. The number of benzene rings is 1. The first-order valence-electron chi connectivity index (χ1n) is 8.18. The maximum absolute atomic E-state index is 5.83. The molecule has 5 heteroatoms. The van der Waals surface area contributed by atoms with Gasteiger partial charge in [0.1, 0.15) is 0 Å². The summed E-state index contributed by atoms with van der Waals surface area (Å²) in [6.07, 6.45) is 3.15. The van der Waals surface area contributed by atoms with Crippen LogP contribution in [0.5, 0.6) is 0 Å². The van der Waals surface area contributed by atoms with Crippen LogP contribution >= 0.6 is 0 Å². The number of aliphatic imine (C=N–C) groups is 1. The van der Waals surface area contributed by atoms with Crippen LogP contribution in [-0.4, -0.2) is 27.8 Å². The van der Waals surface area contributed by atoms with Gasteiger partial charge in [-0.1, -0.05) is 18.2 Å². The maximum atomic E-state index is 5.83. The minimum atomic E-state index is 0.0404. The largest absolute Gasteiger partial charge is 0.370 e. The van der Waals surface area contributed by atoms with Crippen LogP contribution in [0.4, 0.5) is 0 Å². The van der Waals surface area contributed by atoms with Crippen molar-refractivity contribution in [3.8, 4) is 11.1 Å². The van der Waals surface area contributed by atoms with Crippen molar-refractivity contribution < 1.29 is 0 Å². The Bertz CT molecular complexity index is 817. The molecule has 1 unspecified atom stereocenters. The number of hydrogen-bond acceptors (Lipinski definition) is 4. The summed E-state index contributed by atoms with van der Waals surface area (Å²) < 4.78 is 1.96. The average Bonchev–Trinajstić information content (AvgIpc) is 2.99. The fourth-order valence-corrected chi connectivity index (χ4v) is 4.03. The zero-order valence-electron chi connectivity index (χ0n) is 14.0. The van der Waals surface area contributed by atoms with Crippen LogP contribution in [0.2, 0.25) is 0 Å². The van der Waals surface area contributed by atoms with Gasteiger partial charge in [0.25, 0.3) is 0 Å². The minimum absolute atomic E-state index is 0.0404. The molecule has 3 N–H and O–H groups in total. The highest BCUT2D eigenvalue weighted by Gasteiger charge is 2.37. The maximum Gasteiger partial charge on any atom is 0.189 e. The third-order valence-corrected chi connectivity index (χ3v) is 5.35. The van der Waals surface area contributed by atoms with Crippen LogP contribution in [0.15, 0.2) is 23.2 Å². The molecular weight excluding hydrogens is 286 g/mol. The van der Waals surface area contributed by atoms with Crippen molar-refractivity contribution in [2.75, 3.05) is 6.54 Å². The number of rotatable bonds is 1. The van der Waals surface area contributed by atoms with Crippen LogP contribution in [0, 0.1) is 13.8 Å². The van der Waals surface area contributed by atoms with Crippen molar-refractivity contribution in [1.29, 1.82) is 0 Å². The smallest absolute Gasteiger partial charge is 0.189 e. The van der Waals surface area contributed by atoms with Gasteiger partial charge in [-0.2, -0.15) is 5.10 Å². The molecule has 1 aromatic carbocycles. The van der Waals surface area contributed by atoms with E-state index in [9.17, 15) is 0 Å². The first-order valence-corrected chi connectivity index (χ1v) is 8.18. The van der Waals surface area contributed by atoms with E-state index in [1.807, 2.05) is 11.7 Å². The zero-order chi connectivity index (χ0) is 16.2. The summed E-state index contributed by atoms with van der Waals surface area (Å²) in [5.74, 6) is 0.590. The van der Waals surface area contributed by atoms with Crippen molar-refractivity contribution in [2.45, 2.75) is 38.6 Å². The highest BCUT2D eigenvalue weighted by Crippen LogP contribution is 2.35. The van der Waals surface area contributed by atoms with Crippen molar-refractivity contribution in [2.24, 2.45) is 17.8 Å². The Balaban J connectivity index is 1.68. The number of guanidine groups is 1. The van der Waals surface area contributed by atoms with Crippen LogP contribution in [0.25, 0.3) is 11.1 Å². The Labute approximate surface area is 136 Å². The Kier molecular flexibility index (Phi) is 3.01. The summed E-state index contributed by atoms with van der Waals surface area (Å²) in [6.45, 7) is 5.01. The molecule has 2 aromatic rings. The molecule has 120 valence electrons. The Hall–Kier alpha value is -2.30. The molecule has 1 aliphatic carbocycles. The SMILES string of the molecule is Cc1nn(C)c(C)c1-c1ccc2c(c1)CCC1(CN=C(N)N1)C2. The number of nitrogens with one attached hydrogen (secondary N) is 1. The van der Waals surface area contributed by atoms with E-state index in [2.05, 4.69) is 47.5 Å². The molecular formula is C18H23N5. The van der Waals surface area contributed by atoms with E-state index < -0.39 is 0 Å². The number of nitrogens with two attached hydrogens (primary N) is 1. The fourth-order valence-electron chi connectivity index (χ4n) is 4.03. The van der Waals surface area contributed by atoms with Gasteiger partial charge < -0.3 is 11.1 Å². The topological polar surface area (TPSA) is 68.2 Å². The second-order valence-electron chi connectivity index (χ2n) is 6.94. The minimum Gasteiger partial charge on any atom is -0.370 e. The number of fused-ring (bicyclic) bond motifs is 1. The van der Waals surface area contributed by atoms with Crippen LogP contribution in [-0.2, 0) is 19.9 Å². The molecule has 5 nitrogen and oxygen atoms in total. The quantitative estimate of drug-likeness (QED) is 0.845. The number of nitrogens with zero attached hydrogens (tertiary/aromatic N) is 3. The van der Waals surface area contributed by atoms with Crippen LogP contribution in [0.3, 0.4) is 0 Å². The summed E-state index contributed by atoms with van der Waals surface area (Å²) >= 11 is 0. The van der Waals surface area contributed by atoms with E-state index in [0.29, 0.717) is 5.96 Å². The number of hydrogen-bond donors (Lipinski definition) is 2. The van der Waals surface area contributed by atoms with Crippen molar-refractivity contribution in [3.63, 3.8) is 0 Å².